The highest BCUT2D eigenvalue weighted by Gasteiger charge is 2.46. The van der Waals surface area contributed by atoms with E-state index in [2.05, 4.69) is 11.5 Å². The van der Waals surface area contributed by atoms with Gasteiger partial charge in [-0.15, -0.1) is 0 Å². The van der Waals surface area contributed by atoms with Crippen molar-refractivity contribution in [3.63, 3.8) is 0 Å². The summed E-state index contributed by atoms with van der Waals surface area (Å²) in [7, 11) is -3.18. The Labute approximate surface area is 177 Å². The summed E-state index contributed by atoms with van der Waals surface area (Å²) in [5.74, 6) is -0.245. The van der Waals surface area contributed by atoms with E-state index < -0.39 is 15.5 Å². The van der Waals surface area contributed by atoms with Crippen LogP contribution in [0.2, 0.25) is 0 Å². The van der Waals surface area contributed by atoms with Gasteiger partial charge in [-0.25, -0.2) is 8.42 Å². The highest BCUT2D eigenvalue weighted by molar-refractivity contribution is 7.85. The van der Waals surface area contributed by atoms with Gasteiger partial charge in [-0.05, 0) is 31.9 Å². The van der Waals surface area contributed by atoms with Crippen LogP contribution in [0.1, 0.15) is 51.5 Å². The molecule has 0 aliphatic carbocycles. The smallest absolute Gasteiger partial charge is 0.305 e. The fraction of sp³-hybridized carbons (Fsp3) is 0.619. The number of carbonyl (C=O) groups excluding carboxylic acids is 1. The summed E-state index contributed by atoms with van der Waals surface area (Å²) in [6.45, 7) is 5.93. The fourth-order valence-corrected chi connectivity index (χ4v) is 4.78. The van der Waals surface area contributed by atoms with E-state index in [1.807, 2.05) is 6.92 Å². The highest BCUT2D eigenvalue weighted by atomic mass is 32.2. The van der Waals surface area contributed by atoms with Crippen LogP contribution in [-0.2, 0) is 34.5 Å². The second-order valence-corrected chi connectivity index (χ2v) is 9.32. The molecule has 30 heavy (non-hydrogen) atoms. The van der Waals surface area contributed by atoms with Crippen molar-refractivity contribution in [1.29, 1.82) is 0 Å². The Morgan fingerprint density at radius 3 is 2.63 bits per heavy atom. The third kappa shape index (κ3) is 4.74. The number of methoxy groups -OCH3 is 1. The van der Waals surface area contributed by atoms with E-state index in [-0.39, 0.29) is 17.2 Å². The van der Waals surface area contributed by atoms with Crippen molar-refractivity contribution in [1.82, 2.24) is 0 Å². The Morgan fingerprint density at radius 2 is 2.00 bits per heavy atom. The summed E-state index contributed by atoms with van der Waals surface area (Å²) in [6.07, 6.45) is 2.94. The number of nitrogens with zero attached hydrogens (tertiary/aromatic N) is 1. The number of ether oxygens (including phenoxy) is 3. The van der Waals surface area contributed by atoms with Crippen LogP contribution in [0.4, 0.5) is 5.69 Å². The van der Waals surface area contributed by atoms with Crippen LogP contribution < -0.4 is 0 Å². The van der Waals surface area contributed by atoms with Gasteiger partial charge >= 0.3 is 5.97 Å². The average Bonchev–Trinajstić information content (AvgIpc) is 3.29. The van der Waals surface area contributed by atoms with E-state index in [9.17, 15) is 17.8 Å². The number of esters is 1. The van der Waals surface area contributed by atoms with Gasteiger partial charge < -0.3 is 18.8 Å². The maximum Gasteiger partial charge on any atom is 0.305 e. The third-order valence-electron chi connectivity index (χ3n) is 6.16. The van der Waals surface area contributed by atoms with E-state index in [1.165, 1.54) is 19.2 Å². The topological polar surface area (TPSA) is 105 Å². The first-order valence-electron chi connectivity index (χ1n) is 10.2. The summed E-state index contributed by atoms with van der Waals surface area (Å²) < 4.78 is 52.8. The van der Waals surface area contributed by atoms with Crippen LogP contribution >= 0.6 is 0 Å². The molecule has 2 aliphatic heterocycles. The lowest BCUT2D eigenvalue weighted by Crippen LogP contribution is -2.31. The van der Waals surface area contributed by atoms with Crippen LogP contribution in [0, 0.1) is 0 Å². The van der Waals surface area contributed by atoms with Crippen LogP contribution in [0.5, 0.6) is 0 Å². The average molecular weight is 440 g/mol. The zero-order valence-corrected chi connectivity index (χ0v) is 18.5. The molecule has 0 spiro atoms. The molecule has 1 unspecified atom stereocenters. The number of rotatable bonds is 9. The Balaban J connectivity index is 1.87. The van der Waals surface area contributed by atoms with Gasteiger partial charge in [-0.3, -0.25) is 4.79 Å². The van der Waals surface area contributed by atoms with Gasteiger partial charge in [-0.2, -0.15) is 4.58 Å². The second kappa shape index (κ2) is 9.13. The second-order valence-electron chi connectivity index (χ2n) is 7.95. The number of hydrogen-bond donors (Lipinski definition) is 0. The molecule has 0 aromatic heterocycles. The Hall–Kier alpha value is -1.81. The molecule has 2 aliphatic rings. The molecule has 0 radical (unpaired) electrons. The molecule has 1 atom stereocenters. The van der Waals surface area contributed by atoms with Crippen molar-refractivity contribution in [3.05, 3.63) is 23.8 Å². The minimum absolute atomic E-state index is 0.223. The summed E-state index contributed by atoms with van der Waals surface area (Å²) in [5.41, 5.74) is 2.36. The normalized spacial score (nSPS) is 21.9. The zero-order valence-electron chi connectivity index (χ0n) is 17.7. The van der Waals surface area contributed by atoms with E-state index in [0.717, 1.165) is 29.8 Å². The molecule has 0 amide bonds. The molecule has 0 saturated carbocycles. The maximum absolute atomic E-state index is 11.6. The van der Waals surface area contributed by atoms with Gasteiger partial charge in [0, 0.05) is 25.0 Å². The van der Waals surface area contributed by atoms with Gasteiger partial charge in [0.1, 0.15) is 10.1 Å². The Morgan fingerprint density at radius 1 is 1.30 bits per heavy atom. The standard InChI is InChI=1S/C21H29NO7S/c1-15-21(2,10-5-4-6-19(23)27-3)17-14-16(30(24,25)26)7-8-18(17)22(15)11-9-20-28-12-13-29-20/h7-8,14,20H,4-6,9-13H2,1-3H3. The number of carbonyl (C=O) groups is 1. The van der Waals surface area contributed by atoms with Gasteiger partial charge in [0.2, 0.25) is 5.69 Å². The minimum Gasteiger partial charge on any atom is -0.744 e. The molecular weight excluding hydrogens is 410 g/mol. The van der Waals surface area contributed by atoms with Crippen molar-refractivity contribution in [2.45, 2.75) is 62.6 Å². The lowest BCUT2D eigenvalue weighted by molar-refractivity contribution is -0.443. The first-order valence-corrected chi connectivity index (χ1v) is 11.6. The largest absolute Gasteiger partial charge is 0.744 e. The molecule has 1 fully saturated rings. The number of fused-ring (bicyclic) bond motifs is 1. The number of hydrogen-bond acceptors (Lipinski definition) is 7. The molecule has 8 nitrogen and oxygen atoms in total. The fourth-order valence-electron chi connectivity index (χ4n) is 4.28. The monoisotopic (exact) mass is 439 g/mol. The van der Waals surface area contributed by atoms with E-state index in [4.69, 9.17) is 14.2 Å². The number of unbranched alkanes of at least 4 members (excludes halogenated alkanes) is 1. The van der Waals surface area contributed by atoms with Crippen LogP contribution in [0.15, 0.2) is 23.1 Å². The highest BCUT2D eigenvalue weighted by Crippen LogP contribution is 2.44. The van der Waals surface area contributed by atoms with Crippen LogP contribution in [0.3, 0.4) is 0 Å². The lowest BCUT2D eigenvalue weighted by atomic mass is 9.76. The first-order chi connectivity index (χ1) is 14.2. The van der Waals surface area contributed by atoms with Gasteiger partial charge in [-0.1, -0.05) is 6.42 Å². The summed E-state index contributed by atoms with van der Waals surface area (Å²) in [6, 6.07) is 4.58. The molecule has 0 N–H and O–H groups in total. The molecule has 1 saturated heterocycles. The molecule has 9 heteroatoms. The molecule has 3 rings (SSSR count). The quantitative estimate of drug-likeness (QED) is 0.252. The number of benzene rings is 1. The lowest BCUT2D eigenvalue weighted by Gasteiger charge is -2.23. The molecule has 1 aromatic rings. The summed E-state index contributed by atoms with van der Waals surface area (Å²) >= 11 is 0. The van der Waals surface area contributed by atoms with Gasteiger partial charge in [0.25, 0.3) is 0 Å². The van der Waals surface area contributed by atoms with Crippen LogP contribution in [-0.4, -0.2) is 62.4 Å². The predicted molar refractivity (Wildman–Crippen MR) is 108 cm³/mol. The van der Waals surface area contributed by atoms with Crippen molar-refractivity contribution in [2.24, 2.45) is 0 Å². The SMILES string of the molecule is COC(=O)CCCCC1(C)C(C)=[N+](CCC2OCCO2)c2ccc(S(=O)(=O)[O-])cc21. The predicted octanol–water partition coefficient (Wildman–Crippen LogP) is 2.46. The molecular formula is C21H29NO7S. The minimum atomic E-state index is -4.55. The van der Waals surface area contributed by atoms with E-state index >= 15 is 0 Å². The van der Waals surface area contributed by atoms with E-state index in [0.29, 0.717) is 39.0 Å². The van der Waals surface area contributed by atoms with Gasteiger partial charge in [0.05, 0.1) is 37.1 Å². The Kier molecular flexibility index (Phi) is 6.96. The molecule has 2 heterocycles. The van der Waals surface area contributed by atoms with E-state index in [1.54, 1.807) is 6.07 Å². The van der Waals surface area contributed by atoms with Crippen molar-refractivity contribution < 1.29 is 36.6 Å². The van der Waals surface area contributed by atoms with Gasteiger partial charge in [0.15, 0.2) is 18.5 Å². The third-order valence-corrected chi connectivity index (χ3v) is 6.99. The summed E-state index contributed by atoms with van der Waals surface area (Å²) in [4.78, 5) is 11.2. The molecule has 166 valence electrons. The maximum atomic E-state index is 11.6. The Bertz CT molecular complexity index is 935. The zero-order chi connectivity index (χ0) is 21.9. The van der Waals surface area contributed by atoms with Crippen molar-refractivity contribution in [3.8, 4) is 0 Å². The molecule has 1 aromatic carbocycles. The first kappa shape index (κ1) is 22.9. The van der Waals surface area contributed by atoms with Crippen molar-refractivity contribution in [2.75, 3.05) is 26.9 Å². The van der Waals surface area contributed by atoms with Crippen LogP contribution in [0.25, 0.3) is 0 Å². The summed E-state index contributed by atoms with van der Waals surface area (Å²) in [5, 5.41) is 0. The molecule has 0 bridgehead atoms. The van der Waals surface area contributed by atoms with Crippen molar-refractivity contribution >= 4 is 27.5 Å².